The highest BCUT2D eigenvalue weighted by atomic mass is 16.2. The van der Waals surface area contributed by atoms with Crippen LogP contribution in [0.2, 0.25) is 0 Å². The van der Waals surface area contributed by atoms with Crippen LogP contribution in [-0.2, 0) is 4.79 Å². The fraction of sp³-hybridized carbons (Fsp3) is 0.538. The summed E-state index contributed by atoms with van der Waals surface area (Å²) in [5.74, 6) is 0.0595. The molecule has 0 fully saturated rings. The second-order valence-electron chi connectivity index (χ2n) is 4.96. The molecule has 1 aromatic heterocycles. The van der Waals surface area contributed by atoms with E-state index in [0.29, 0.717) is 6.54 Å². The maximum absolute atomic E-state index is 12.2. The highest BCUT2D eigenvalue weighted by molar-refractivity contribution is 5.82. The Morgan fingerprint density at radius 2 is 2.00 bits per heavy atom. The first-order valence-electron chi connectivity index (χ1n) is 5.77. The van der Waals surface area contributed by atoms with Gasteiger partial charge in [0.1, 0.15) is 0 Å². The molecule has 2 N–H and O–H groups in total. The molecule has 0 saturated heterocycles. The lowest BCUT2D eigenvalue weighted by Crippen LogP contribution is -2.43. The van der Waals surface area contributed by atoms with Crippen molar-refractivity contribution in [1.82, 2.24) is 9.88 Å². The number of nitrogens with zero attached hydrogens (tertiary/aromatic N) is 2. The molecule has 0 saturated carbocycles. The highest BCUT2D eigenvalue weighted by Gasteiger charge is 2.31. The van der Waals surface area contributed by atoms with Crippen molar-refractivity contribution in [3.8, 4) is 0 Å². The normalized spacial score (nSPS) is 13.2. The molecule has 1 rings (SSSR count). The van der Waals surface area contributed by atoms with Gasteiger partial charge in [0, 0.05) is 26.0 Å². The van der Waals surface area contributed by atoms with Gasteiger partial charge < -0.3 is 10.6 Å². The zero-order chi connectivity index (χ0) is 13.1. The standard InChI is InChI=1S/C13H21N3O/c1-10(11-5-7-15-8-6-11)16(4)12(17)13(2,3)9-14/h5-8,10H,9,14H2,1-4H3. The molecule has 0 aliphatic heterocycles. The summed E-state index contributed by atoms with van der Waals surface area (Å²) in [6.45, 7) is 6.08. The third kappa shape index (κ3) is 3.03. The van der Waals surface area contributed by atoms with E-state index in [2.05, 4.69) is 4.98 Å². The summed E-state index contributed by atoms with van der Waals surface area (Å²) >= 11 is 0. The lowest BCUT2D eigenvalue weighted by atomic mass is 9.91. The van der Waals surface area contributed by atoms with Gasteiger partial charge in [-0.15, -0.1) is 0 Å². The van der Waals surface area contributed by atoms with Crippen molar-refractivity contribution in [1.29, 1.82) is 0 Å². The number of hydrogen-bond acceptors (Lipinski definition) is 3. The molecule has 4 nitrogen and oxygen atoms in total. The Balaban J connectivity index is 2.84. The second kappa shape index (κ2) is 5.27. The van der Waals surface area contributed by atoms with Crippen LogP contribution in [0.4, 0.5) is 0 Å². The van der Waals surface area contributed by atoms with Crippen LogP contribution in [0.5, 0.6) is 0 Å². The van der Waals surface area contributed by atoms with Gasteiger partial charge in [0.15, 0.2) is 0 Å². The van der Waals surface area contributed by atoms with E-state index in [1.165, 1.54) is 0 Å². The van der Waals surface area contributed by atoms with Gasteiger partial charge in [0.2, 0.25) is 5.91 Å². The summed E-state index contributed by atoms with van der Waals surface area (Å²) in [4.78, 5) is 18.0. The zero-order valence-electron chi connectivity index (χ0n) is 11.0. The van der Waals surface area contributed by atoms with Gasteiger partial charge in [-0.2, -0.15) is 0 Å². The quantitative estimate of drug-likeness (QED) is 0.862. The topological polar surface area (TPSA) is 59.2 Å². The number of nitrogens with two attached hydrogens (primary N) is 1. The first-order chi connectivity index (χ1) is 7.90. The first kappa shape index (κ1) is 13.6. The molecule has 1 unspecified atom stereocenters. The predicted molar refractivity (Wildman–Crippen MR) is 68.3 cm³/mol. The molecule has 1 aromatic rings. The highest BCUT2D eigenvalue weighted by Crippen LogP contribution is 2.24. The summed E-state index contributed by atoms with van der Waals surface area (Å²) < 4.78 is 0. The zero-order valence-corrected chi connectivity index (χ0v) is 11.0. The first-order valence-corrected chi connectivity index (χ1v) is 5.77. The van der Waals surface area contributed by atoms with Crippen LogP contribution in [0.15, 0.2) is 24.5 Å². The van der Waals surface area contributed by atoms with Crippen molar-refractivity contribution in [3.63, 3.8) is 0 Å². The fourth-order valence-electron chi connectivity index (χ4n) is 1.61. The van der Waals surface area contributed by atoms with Gasteiger partial charge in [0.05, 0.1) is 11.5 Å². The summed E-state index contributed by atoms with van der Waals surface area (Å²) in [5, 5.41) is 0. The van der Waals surface area contributed by atoms with E-state index in [1.54, 1.807) is 17.3 Å². The molecule has 17 heavy (non-hydrogen) atoms. The summed E-state index contributed by atoms with van der Waals surface area (Å²) in [6, 6.07) is 3.87. The molecule has 94 valence electrons. The van der Waals surface area contributed by atoms with Crippen LogP contribution in [0.3, 0.4) is 0 Å². The molecule has 0 aromatic carbocycles. The lowest BCUT2D eigenvalue weighted by molar-refractivity contribution is -0.140. The Labute approximate surface area is 103 Å². The Hall–Kier alpha value is -1.42. The number of amides is 1. The van der Waals surface area contributed by atoms with Gasteiger partial charge >= 0.3 is 0 Å². The van der Waals surface area contributed by atoms with Gasteiger partial charge in [-0.1, -0.05) is 0 Å². The van der Waals surface area contributed by atoms with Gasteiger partial charge in [0.25, 0.3) is 0 Å². The monoisotopic (exact) mass is 235 g/mol. The van der Waals surface area contributed by atoms with Gasteiger partial charge in [-0.3, -0.25) is 9.78 Å². The molecule has 0 aliphatic rings. The molecule has 0 bridgehead atoms. The SMILES string of the molecule is CC(c1ccncc1)N(C)C(=O)C(C)(C)CN. The molecule has 1 amide bonds. The Morgan fingerprint density at radius 3 is 2.47 bits per heavy atom. The van der Waals surface area contributed by atoms with Gasteiger partial charge in [-0.05, 0) is 38.5 Å². The number of carbonyl (C=O) groups excluding carboxylic acids is 1. The number of pyridine rings is 1. The number of rotatable bonds is 4. The number of hydrogen-bond donors (Lipinski definition) is 1. The molecule has 1 heterocycles. The molecule has 0 radical (unpaired) electrons. The van der Waals surface area contributed by atoms with Crippen LogP contribution in [0.25, 0.3) is 0 Å². The van der Waals surface area contributed by atoms with Crippen LogP contribution in [0, 0.1) is 5.41 Å². The predicted octanol–water partition coefficient (Wildman–Crippen LogP) is 1.59. The minimum absolute atomic E-state index is 0.0244. The number of aromatic nitrogens is 1. The van der Waals surface area contributed by atoms with Crippen molar-refractivity contribution in [2.24, 2.45) is 11.1 Å². The Morgan fingerprint density at radius 1 is 1.47 bits per heavy atom. The van der Waals surface area contributed by atoms with Crippen LogP contribution in [-0.4, -0.2) is 29.4 Å². The Bertz CT molecular complexity index is 376. The third-order valence-corrected chi connectivity index (χ3v) is 3.18. The van der Waals surface area contributed by atoms with Crippen LogP contribution >= 0.6 is 0 Å². The summed E-state index contributed by atoms with van der Waals surface area (Å²) in [5.41, 5.74) is 6.18. The van der Waals surface area contributed by atoms with Gasteiger partial charge in [-0.25, -0.2) is 0 Å². The van der Waals surface area contributed by atoms with Crippen molar-refractivity contribution >= 4 is 5.91 Å². The maximum atomic E-state index is 12.2. The fourth-order valence-corrected chi connectivity index (χ4v) is 1.61. The molecular formula is C13H21N3O. The molecule has 4 heteroatoms. The van der Waals surface area contributed by atoms with Crippen molar-refractivity contribution in [2.45, 2.75) is 26.8 Å². The van der Waals surface area contributed by atoms with E-state index in [9.17, 15) is 4.79 Å². The molecular weight excluding hydrogens is 214 g/mol. The van der Waals surface area contributed by atoms with E-state index in [-0.39, 0.29) is 11.9 Å². The summed E-state index contributed by atoms with van der Waals surface area (Å²) in [6.07, 6.45) is 3.47. The number of carbonyl (C=O) groups is 1. The molecule has 0 spiro atoms. The molecule has 0 aliphatic carbocycles. The largest absolute Gasteiger partial charge is 0.338 e. The van der Waals surface area contributed by atoms with Crippen LogP contribution < -0.4 is 5.73 Å². The van der Waals surface area contributed by atoms with E-state index >= 15 is 0 Å². The second-order valence-corrected chi connectivity index (χ2v) is 4.96. The maximum Gasteiger partial charge on any atom is 0.229 e. The van der Waals surface area contributed by atoms with Crippen molar-refractivity contribution in [3.05, 3.63) is 30.1 Å². The van der Waals surface area contributed by atoms with E-state index in [1.807, 2.05) is 40.0 Å². The van der Waals surface area contributed by atoms with Crippen LogP contribution in [0.1, 0.15) is 32.4 Å². The van der Waals surface area contributed by atoms with E-state index < -0.39 is 5.41 Å². The van der Waals surface area contributed by atoms with Crippen molar-refractivity contribution in [2.75, 3.05) is 13.6 Å². The lowest BCUT2D eigenvalue weighted by Gasteiger charge is -2.32. The minimum Gasteiger partial charge on any atom is -0.338 e. The smallest absolute Gasteiger partial charge is 0.229 e. The van der Waals surface area contributed by atoms with E-state index in [0.717, 1.165) is 5.56 Å². The average Bonchev–Trinajstić information content (AvgIpc) is 2.37. The van der Waals surface area contributed by atoms with E-state index in [4.69, 9.17) is 5.73 Å². The third-order valence-electron chi connectivity index (χ3n) is 3.18. The van der Waals surface area contributed by atoms with Crippen molar-refractivity contribution < 1.29 is 4.79 Å². The summed E-state index contributed by atoms with van der Waals surface area (Å²) in [7, 11) is 1.81. The average molecular weight is 235 g/mol. The Kier molecular flexibility index (Phi) is 4.23. The minimum atomic E-state index is -0.518. The molecule has 1 atom stereocenters.